The molecule has 0 spiro atoms. The second-order valence-electron chi connectivity index (χ2n) is 6.91. The van der Waals surface area contributed by atoms with Gasteiger partial charge in [0.25, 0.3) is 6.01 Å². The number of nitrogens with one attached hydrogen (secondary N) is 1. The third-order valence-electron chi connectivity index (χ3n) is 4.82. The highest BCUT2D eigenvalue weighted by molar-refractivity contribution is 7.90. The van der Waals surface area contributed by atoms with E-state index in [1.807, 2.05) is 0 Å². The van der Waals surface area contributed by atoms with Gasteiger partial charge in [0, 0.05) is 30.8 Å². The average molecular weight is 438 g/mol. The van der Waals surface area contributed by atoms with Crippen LogP contribution in [0.5, 0.6) is 6.01 Å². The van der Waals surface area contributed by atoms with Crippen LogP contribution in [0.25, 0.3) is 22.4 Å². The van der Waals surface area contributed by atoms with E-state index in [-0.39, 0.29) is 23.5 Å². The fourth-order valence-electron chi connectivity index (χ4n) is 3.46. The molecule has 0 radical (unpaired) electrons. The zero-order chi connectivity index (χ0) is 20.2. The van der Waals surface area contributed by atoms with Crippen LogP contribution >= 0.6 is 11.6 Å². The van der Waals surface area contributed by atoms with Crippen LogP contribution in [0, 0.1) is 0 Å². The summed E-state index contributed by atoms with van der Waals surface area (Å²) >= 11 is 6.36. The first-order valence-corrected chi connectivity index (χ1v) is 11.1. The van der Waals surface area contributed by atoms with E-state index in [4.69, 9.17) is 25.8 Å². The number of hydrogen-bond donors (Lipinski definition) is 1. The quantitative estimate of drug-likeness (QED) is 0.602. The molecule has 2 aliphatic heterocycles. The number of aromatic amines is 1. The summed E-state index contributed by atoms with van der Waals surface area (Å²) in [7, 11) is -3.49. The number of pyridine rings is 1. The SMILES string of the molecule is CS(=O)(=O)c1ncc(-c2nc3nc(OC4CO[C@@H]5CCO[C@H]45)[nH]c3cc2Cl)cn1. The highest BCUT2D eigenvalue weighted by Gasteiger charge is 2.43. The molecular weight excluding hydrogens is 422 g/mol. The molecule has 0 amide bonds. The summed E-state index contributed by atoms with van der Waals surface area (Å²) < 4.78 is 40.3. The molecule has 2 aliphatic rings. The van der Waals surface area contributed by atoms with Crippen LogP contribution in [0.1, 0.15) is 6.42 Å². The zero-order valence-corrected chi connectivity index (χ0v) is 16.8. The molecule has 0 bridgehead atoms. The van der Waals surface area contributed by atoms with Gasteiger partial charge in [-0.05, 0) is 12.5 Å². The number of H-pyrrole nitrogens is 1. The predicted molar refractivity (Wildman–Crippen MR) is 102 cm³/mol. The second-order valence-corrected chi connectivity index (χ2v) is 9.23. The van der Waals surface area contributed by atoms with Crippen molar-refractivity contribution in [1.82, 2.24) is 24.9 Å². The van der Waals surface area contributed by atoms with E-state index < -0.39 is 9.84 Å². The lowest BCUT2D eigenvalue weighted by atomic mass is 10.1. The summed E-state index contributed by atoms with van der Waals surface area (Å²) in [4.78, 5) is 19.6. The third-order valence-corrected chi connectivity index (χ3v) is 5.98. The van der Waals surface area contributed by atoms with E-state index in [0.717, 1.165) is 12.7 Å². The molecule has 3 aromatic heterocycles. The molecular formula is C17H16ClN5O5S. The number of aromatic nitrogens is 5. The van der Waals surface area contributed by atoms with Gasteiger partial charge in [-0.1, -0.05) is 11.6 Å². The second kappa shape index (κ2) is 6.87. The summed E-state index contributed by atoms with van der Waals surface area (Å²) in [6.45, 7) is 1.10. The highest BCUT2D eigenvalue weighted by atomic mass is 35.5. The molecule has 3 atom stereocenters. The Hall–Kier alpha value is -2.34. The van der Waals surface area contributed by atoms with Gasteiger partial charge >= 0.3 is 0 Å². The maximum Gasteiger partial charge on any atom is 0.296 e. The van der Waals surface area contributed by atoms with Gasteiger partial charge in [-0.3, -0.25) is 0 Å². The van der Waals surface area contributed by atoms with E-state index in [0.29, 0.717) is 46.7 Å². The molecule has 2 fully saturated rings. The van der Waals surface area contributed by atoms with E-state index in [9.17, 15) is 8.42 Å². The number of sulfone groups is 1. The molecule has 10 nitrogen and oxygen atoms in total. The van der Waals surface area contributed by atoms with Gasteiger partial charge < -0.3 is 19.2 Å². The Kier molecular flexibility index (Phi) is 4.42. The molecule has 0 saturated carbocycles. The smallest absolute Gasteiger partial charge is 0.296 e. The molecule has 1 N–H and O–H groups in total. The molecule has 12 heteroatoms. The minimum absolute atomic E-state index is 0.0680. The van der Waals surface area contributed by atoms with Crippen molar-refractivity contribution in [3.05, 3.63) is 23.5 Å². The van der Waals surface area contributed by atoms with Crippen LogP contribution in [-0.4, -0.2) is 71.1 Å². The van der Waals surface area contributed by atoms with Gasteiger partial charge in [-0.25, -0.2) is 23.4 Å². The van der Waals surface area contributed by atoms with Crippen molar-refractivity contribution in [2.45, 2.75) is 29.9 Å². The lowest BCUT2D eigenvalue weighted by molar-refractivity contribution is 0.0273. The van der Waals surface area contributed by atoms with Gasteiger partial charge in [0.15, 0.2) is 11.8 Å². The maximum atomic E-state index is 11.5. The maximum absolute atomic E-state index is 11.5. The molecule has 152 valence electrons. The van der Waals surface area contributed by atoms with Crippen molar-refractivity contribution in [2.75, 3.05) is 19.5 Å². The Balaban J connectivity index is 1.44. The van der Waals surface area contributed by atoms with Crippen molar-refractivity contribution < 1.29 is 22.6 Å². The largest absolute Gasteiger partial charge is 0.456 e. The number of rotatable bonds is 4. The topological polar surface area (TPSA) is 129 Å². The summed E-state index contributed by atoms with van der Waals surface area (Å²) in [6.07, 6.45) is 4.36. The molecule has 29 heavy (non-hydrogen) atoms. The van der Waals surface area contributed by atoms with E-state index in [2.05, 4.69) is 24.9 Å². The lowest BCUT2D eigenvalue weighted by Crippen LogP contribution is -2.32. The Morgan fingerprint density at radius 1 is 1.24 bits per heavy atom. The predicted octanol–water partition coefficient (Wildman–Crippen LogP) is 1.41. The van der Waals surface area contributed by atoms with E-state index in [1.54, 1.807) is 6.07 Å². The number of ether oxygens (including phenoxy) is 3. The number of nitrogens with zero attached hydrogens (tertiary/aromatic N) is 4. The Morgan fingerprint density at radius 2 is 2.03 bits per heavy atom. The fourth-order valence-corrected chi connectivity index (χ4v) is 4.21. The van der Waals surface area contributed by atoms with Crippen LogP contribution in [0.2, 0.25) is 5.02 Å². The van der Waals surface area contributed by atoms with Crippen LogP contribution in [0.4, 0.5) is 0 Å². The van der Waals surface area contributed by atoms with Crippen molar-refractivity contribution in [3.8, 4) is 17.3 Å². The lowest BCUT2D eigenvalue weighted by Gasteiger charge is -2.15. The number of halogens is 1. The van der Waals surface area contributed by atoms with Crippen LogP contribution in [-0.2, 0) is 19.3 Å². The molecule has 5 heterocycles. The first kappa shape index (κ1) is 18.7. The number of fused-ring (bicyclic) bond motifs is 2. The molecule has 0 aromatic carbocycles. The Bertz CT molecular complexity index is 1180. The van der Waals surface area contributed by atoms with Crippen LogP contribution < -0.4 is 4.74 Å². The van der Waals surface area contributed by atoms with E-state index >= 15 is 0 Å². The van der Waals surface area contributed by atoms with Crippen molar-refractivity contribution >= 4 is 32.6 Å². The summed E-state index contributed by atoms with van der Waals surface area (Å²) in [5, 5.41) is 0.0759. The minimum atomic E-state index is -3.49. The van der Waals surface area contributed by atoms with Crippen LogP contribution in [0.3, 0.4) is 0 Å². The summed E-state index contributed by atoms with van der Waals surface area (Å²) in [5.41, 5.74) is 1.86. The fraction of sp³-hybridized carbons (Fsp3) is 0.412. The number of hydrogen-bond acceptors (Lipinski definition) is 9. The van der Waals surface area contributed by atoms with E-state index in [1.165, 1.54) is 12.4 Å². The van der Waals surface area contributed by atoms with Crippen molar-refractivity contribution in [2.24, 2.45) is 0 Å². The first-order valence-electron chi connectivity index (χ1n) is 8.87. The van der Waals surface area contributed by atoms with Crippen molar-refractivity contribution in [1.29, 1.82) is 0 Å². The monoisotopic (exact) mass is 437 g/mol. The third kappa shape index (κ3) is 3.44. The minimum Gasteiger partial charge on any atom is -0.456 e. The summed E-state index contributed by atoms with van der Waals surface area (Å²) in [5.74, 6) is 0. The molecule has 2 saturated heterocycles. The number of imidazole rings is 1. The van der Waals surface area contributed by atoms with Gasteiger partial charge in [0.2, 0.25) is 15.0 Å². The Morgan fingerprint density at radius 3 is 2.79 bits per heavy atom. The average Bonchev–Trinajstić information content (AvgIpc) is 3.37. The standard InChI is InChI=1S/C17H16ClN5O5S/c1-29(24,25)17-19-5-8(6-20-17)13-9(18)4-10-15(22-13)23-16(21-10)28-12-7-27-11-2-3-26-14(11)12/h4-6,11-12,14H,2-3,7H2,1H3,(H,21,22,23)/t11-,12?,14+/m1/s1. The van der Waals surface area contributed by atoms with Gasteiger partial charge in [0.05, 0.1) is 28.9 Å². The molecule has 1 unspecified atom stereocenters. The molecule has 0 aliphatic carbocycles. The normalized spacial score (nSPS) is 24.1. The van der Waals surface area contributed by atoms with Crippen molar-refractivity contribution in [3.63, 3.8) is 0 Å². The summed E-state index contributed by atoms with van der Waals surface area (Å²) in [6, 6.07) is 1.97. The highest BCUT2D eigenvalue weighted by Crippen LogP contribution is 2.31. The van der Waals surface area contributed by atoms with Gasteiger partial charge in [-0.15, -0.1) is 0 Å². The zero-order valence-electron chi connectivity index (χ0n) is 15.2. The molecule has 5 rings (SSSR count). The van der Waals surface area contributed by atoms with Crippen LogP contribution in [0.15, 0.2) is 23.6 Å². The Labute approximate surface area is 170 Å². The first-order chi connectivity index (χ1) is 13.9. The van der Waals surface area contributed by atoms with Gasteiger partial charge in [0.1, 0.15) is 6.10 Å². The van der Waals surface area contributed by atoms with Gasteiger partial charge in [-0.2, -0.15) is 4.98 Å². The molecule has 3 aromatic rings.